The van der Waals surface area contributed by atoms with Gasteiger partial charge in [-0.15, -0.1) is 0 Å². The van der Waals surface area contributed by atoms with Crippen LogP contribution < -0.4 is 5.32 Å². The van der Waals surface area contributed by atoms with Crippen LogP contribution in [-0.2, 0) is 4.74 Å². The minimum absolute atomic E-state index is 0.102. The number of methoxy groups -OCH3 is 1. The molecule has 0 aliphatic carbocycles. The lowest BCUT2D eigenvalue weighted by Crippen LogP contribution is -2.27. The largest absolute Gasteiger partial charge is 0.394 e. The van der Waals surface area contributed by atoms with E-state index >= 15 is 0 Å². The van der Waals surface area contributed by atoms with Crippen molar-refractivity contribution >= 4 is 11.6 Å². The van der Waals surface area contributed by atoms with Crippen molar-refractivity contribution in [1.82, 2.24) is 5.32 Å². The molecule has 0 heterocycles. The van der Waals surface area contributed by atoms with E-state index in [-0.39, 0.29) is 18.5 Å². The summed E-state index contributed by atoms with van der Waals surface area (Å²) in [5.41, 5.74) is 0.682. The molecule has 1 aromatic carbocycles. The molecule has 0 aliphatic heterocycles. The lowest BCUT2D eigenvalue weighted by Gasteiger charge is -2.17. The molecule has 0 amide bonds. The van der Waals surface area contributed by atoms with Gasteiger partial charge in [-0.25, -0.2) is 4.39 Å². The third kappa shape index (κ3) is 3.72. The van der Waals surface area contributed by atoms with Crippen molar-refractivity contribution in [2.75, 3.05) is 26.9 Å². The Kier molecular flexibility index (Phi) is 5.69. The molecule has 0 bridgehead atoms. The summed E-state index contributed by atoms with van der Waals surface area (Å²) in [6.07, 6.45) is 0. The summed E-state index contributed by atoms with van der Waals surface area (Å²) in [6.45, 7) is 1.03. The number of hydrogen-bond acceptors (Lipinski definition) is 3. The first-order valence-electron chi connectivity index (χ1n) is 4.97. The van der Waals surface area contributed by atoms with Crippen LogP contribution in [0.4, 0.5) is 4.39 Å². The molecule has 1 atom stereocenters. The fourth-order valence-corrected chi connectivity index (χ4v) is 1.69. The minimum atomic E-state index is -0.387. The molecule has 0 aromatic heterocycles. The predicted molar refractivity (Wildman–Crippen MR) is 61.1 cm³/mol. The molecule has 0 radical (unpaired) electrons. The fourth-order valence-electron chi connectivity index (χ4n) is 1.39. The highest BCUT2D eigenvalue weighted by atomic mass is 35.5. The third-order valence-electron chi connectivity index (χ3n) is 2.22. The van der Waals surface area contributed by atoms with Gasteiger partial charge in [0, 0.05) is 18.7 Å². The molecule has 3 nitrogen and oxygen atoms in total. The van der Waals surface area contributed by atoms with E-state index in [1.54, 1.807) is 13.2 Å². The first kappa shape index (κ1) is 13.4. The van der Waals surface area contributed by atoms with Crippen molar-refractivity contribution in [2.45, 2.75) is 6.04 Å². The topological polar surface area (TPSA) is 41.5 Å². The maximum absolute atomic E-state index is 12.8. The average Bonchev–Trinajstić information content (AvgIpc) is 2.26. The second kappa shape index (κ2) is 6.81. The highest BCUT2D eigenvalue weighted by molar-refractivity contribution is 6.31. The summed E-state index contributed by atoms with van der Waals surface area (Å²) in [5, 5.41) is 12.6. The first-order valence-corrected chi connectivity index (χ1v) is 5.35. The monoisotopic (exact) mass is 247 g/mol. The zero-order valence-electron chi connectivity index (χ0n) is 9.04. The van der Waals surface area contributed by atoms with E-state index in [1.807, 2.05) is 0 Å². The Balaban J connectivity index is 2.70. The maximum Gasteiger partial charge on any atom is 0.124 e. The van der Waals surface area contributed by atoms with Crippen molar-refractivity contribution in [1.29, 1.82) is 0 Å². The molecule has 1 unspecified atom stereocenters. The minimum Gasteiger partial charge on any atom is -0.394 e. The van der Waals surface area contributed by atoms with E-state index in [9.17, 15) is 9.50 Å². The molecular weight excluding hydrogens is 233 g/mol. The standard InChI is InChI=1S/C11H15ClFNO2/c1-16-5-4-14-11(7-15)9-3-2-8(13)6-10(9)12/h2-3,6,11,14-15H,4-5,7H2,1H3. The molecular formula is C11H15ClFNO2. The molecule has 0 saturated carbocycles. The van der Waals surface area contributed by atoms with Crippen LogP contribution in [0.3, 0.4) is 0 Å². The molecule has 1 aromatic rings. The van der Waals surface area contributed by atoms with Crippen molar-refractivity contribution in [2.24, 2.45) is 0 Å². The molecule has 0 saturated heterocycles. The van der Waals surface area contributed by atoms with E-state index in [0.29, 0.717) is 23.7 Å². The second-order valence-electron chi connectivity index (χ2n) is 3.35. The summed E-state index contributed by atoms with van der Waals surface area (Å²) >= 11 is 5.89. The number of ether oxygens (including phenoxy) is 1. The fraction of sp³-hybridized carbons (Fsp3) is 0.455. The van der Waals surface area contributed by atoms with Crippen LogP contribution in [0.1, 0.15) is 11.6 Å². The van der Waals surface area contributed by atoms with E-state index in [4.69, 9.17) is 16.3 Å². The van der Waals surface area contributed by atoms with Gasteiger partial charge in [-0.3, -0.25) is 0 Å². The summed E-state index contributed by atoms with van der Waals surface area (Å²) < 4.78 is 17.7. The molecule has 16 heavy (non-hydrogen) atoms. The van der Waals surface area contributed by atoms with E-state index in [2.05, 4.69) is 5.32 Å². The Hall–Kier alpha value is -0.680. The number of rotatable bonds is 6. The van der Waals surface area contributed by atoms with Crippen LogP contribution in [0.25, 0.3) is 0 Å². The van der Waals surface area contributed by atoms with Gasteiger partial charge in [0.05, 0.1) is 19.3 Å². The highest BCUT2D eigenvalue weighted by Crippen LogP contribution is 2.23. The van der Waals surface area contributed by atoms with Crippen LogP contribution in [-0.4, -0.2) is 32.0 Å². The molecule has 0 aliphatic rings. The van der Waals surface area contributed by atoms with E-state index < -0.39 is 0 Å². The summed E-state index contributed by atoms with van der Waals surface area (Å²) in [7, 11) is 1.60. The predicted octanol–water partition coefficient (Wildman–Crippen LogP) is 1.75. The Morgan fingerprint density at radius 1 is 1.56 bits per heavy atom. The van der Waals surface area contributed by atoms with Crippen LogP contribution in [0.5, 0.6) is 0 Å². The Morgan fingerprint density at radius 2 is 2.31 bits per heavy atom. The van der Waals surface area contributed by atoms with Gasteiger partial charge in [-0.2, -0.15) is 0 Å². The van der Waals surface area contributed by atoms with Crippen molar-refractivity contribution in [3.63, 3.8) is 0 Å². The second-order valence-corrected chi connectivity index (χ2v) is 3.76. The zero-order chi connectivity index (χ0) is 12.0. The Bertz CT molecular complexity index is 336. The van der Waals surface area contributed by atoms with E-state index in [0.717, 1.165) is 0 Å². The Morgan fingerprint density at radius 3 is 2.88 bits per heavy atom. The lowest BCUT2D eigenvalue weighted by atomic mass is 10.1. The van der Waals surface area contributed by atoms with Crippen LogP contribution in [0.2, 0.25) is 5.02 Å². The number of hydrogen-bond donors (Lipinski definition) is 2. The van der Waals surface area contributed by atoms with Gasteiger partial charge in [0.25, 0.3) is 0 Å². The van der Waals surface area contributed by atoms with Crippen molar-refractivity contribution < 1.29 is 14.2 Å². The summed E-state index contributed by atoms with van der Waals surface area (Å²) in [5.74, 6) is -0.387. The van der Waals surface area contributed by atoms with Gasteiger partial charge in [-0.1, -0.05) is 17.7 Å². The normalized spacial score (nSPS) is 12.8. The van der Waals surface area contributed by atoms with Gasteiger partial charge in [0.15, 0.2) is 0 Å². The van der Waals surface area contributed by atoms with Gasteiger partial charge >= 0.3 is 0 Å². The molecule has 5 heteroatoms. The third-order valence-corrected chi connectivity index (χ3v) is 2.54. The number of aliphatic hydroxyl groups is 1. The molecule has 0 spiro atoms. The number of aliphatic hydroxyl groups excluding tert-OH is 1. The van der Waals surface area contributed by atoms with Gasteiger partial charge in [-0.05, 0) is 17.7 Å². The number of halogens is 2. The lowest BCUT2D eigenvalue weighted by molar-refractivity contribution is 0.184. The molecule has 0 fully saturated rings. The molecule has 90 valence electrons. The van der Waals surface area contributed by atoms with Gasteiger partial charge in [0.2, 0.25) is 0 Å². The Labute approximate surface area is 99.2 Å². The van der Waals surface area contributed by atoms with Crippen LogP contribution in [0, 0.1) is 5.82 Å². The SMILES string of the molecule is COCCNC(CO)c1ccc(F)cc1Cl. The maximum atomic E-state index is 12.8. The van der Waals surface area contributed by atoms with E-state index in [1.165, 1.54) is 12.1 Å². The van der Waals surface area contributed by atoms with Gasteiger partial charge < -0.3 is 15.2 Å². The summed E-state index contributed by atoms with van der Waals surface area (Å²) in [6, 6.07) is 3.82. The highest BCUT2D eigenvalue weighted by Gasteiger charge is 2.13. The van der Waals surface area contributed by atoms with Crippen molar-refractivity contribution in [3.8, 4) is 0 Å². The summed E-state index contributed by atoms with van der Waals surface area (Å²) in [4.78, 5) is 0. The van der Waals surface area contributed by atoms with Crippen LogP contribution >= 0.6 is 11.6 Å². The average molecular weight is 248 g/mol. The quantitative estimate of drug-likeness (QED) is 0.753. The smallest absolute Gasteiger partial charge is 0.124 e. The van der Waals surface area contributed by atoms with Crippen LogP contribution in [0.15, 0.2) is 18.2 Å². The zero-order valence-corrected chi connectivity index (χ0v) is 9.80. The number of benzene rings is 1. The molecule has 2 N–H and O–H groups in total. The number of nitrogens with one attached hydrogen (secondary N) is 1. The molecule has 1 rings (SSSR count). The van der Waals surface area contributed by atoms with Crippen molar-refractivity contribution in [3.05, 3.63) is 34.6 Å². The first-order chi connectivity index (χ1) is 7.69. The van der Waals surface area contributed by atoms with Gasteiger partial charge in [0.1, 0.15) is 5.82 Å².